The van der Waals surface area contributed by atoms with Gasteiger partial charge < -0.3 is 20.1 Å². The third kappa shape index (κ3) is 4.31. The minimum Gasteiger partial charge on any atom is -0.489 e. The molecule has 6 heteroatoms. The van der Waals surface area contributed by atoms with Crippen molar-refractivity contribution in [3.63, 3.8) is 0 Å². The smallest absolute Gasteiger partial charge is 0.243 e. The van der Waals surface area contributed by atoms with Gasteiger partial charge in [-0.3, -0.25) is 4.79 Å². The first-order valence-electron chi connectivity index (χ1n) is 7.80. The Morgan fingerprint density at radius 1 is 1.25 bits per heavy atom. The molecule has 0 aliphatic carbocycles. The molecule has 126 valence electrons. The Morgan fingerprint density at radius 3 is 2.75 bits per heavy atom. The van der Waals surface area contributed by atoms with Crippen LogP contribution in [0.4, 0.5) is 10.1 Å². The monoisotopic (exact) mass is 330 g/mol. The molecule has 5 nitrogen and oxygen atoms in total. The molecule has 1 atom stereocenters. The van der Waals surface area contributed by atoms with Crippen LogP contribution in [0, 0.1) is 5.82 Å². The molecule has 1 amide bonds. The lowest BCUT2D eigenvalue weighted by molar-refractivity contribution is -0.120. The van der Waals surface area contributed by atoms with Crippen molar-refractivity contribution >= 4 is 11.6 Å². The average molecular weight is 330 g/mol. The molecule has 1 heterocycles. The second-order valence-electron chi connectivity index (χ2n) is 5.48. The molecule has 2 aromatic carbocycles. The Balaban J connectivity index is 1.53. The van der Waals surface area contributed by atoms with E-state index in [1.165, 1.54) is 6.07 Å². The lowest BCUT2D eigenvalue weighted by Crippen LogP contribution is -2.48. The first-order chi connectivity index (χ1) is 11.7. The molecule has 0 spiro atoms. The summed E-state index contributed by atoms with van der Waals surface area (Å²) in [5.41, 5.74) is 1.17. The van der Waals surface area contributed by atoms with E-state index < -0.39 is 0 Å². The zero-order valence-corrected chi connectivity index (χ0v) is 13.1. The molecule has 3 rings (SSSR count). The number of carbonyl (C=O) groups excluding carboxylic acids is 1. The maximum atomic E-state index is 13.5. The predicted molar refractivity (Wildman–Crippen MR) is 88.4 cm³/mol. The first kappa shape index (κ1) is 16.4. The quantitative estimate of drug-likeness (QED) is 0.883. The number of morpholine rings is 1. The van der Waals surface area contributed by atoms with E-state index in [2.05, 4.69) is 10.6 Å². The van der Waals surface area contributed by atoms with Crippen molar-refractivity contribution in [1.82, 2.24) is 5.32 Å². The Labute approximate surface area is 139 Å². The fourth-order valence-electron chi connectivity index (χ4n) is 2.37. The highest BCUT2D eigenvalue weighted by Gasteiger charge is 2.20. The summed E-state index contributed by atoms with van der Waals surface area (Å²) in [5.74, 6) is 0.189. The standard InChI is InChI=1S/C18H19FN2O3/c19-16-4-2-1-3-13(16)11-24-15-7-5-14(6-8-15)21-18(22)17-12-23-10-9-20-17/h1-8,17,20H,9-12H2,(H,21,22). The van der Waals surface area contributed by atoms with Crippen LogP contribution in [0.15, 0.2) is 48.5 Å². The number of amides is 1. The molecule has 0 bridgehead atoms. The van der Waals surface area contributed by atoms with E-state index in [-0.39, 0.29) is 24.4 Å². The summed E-state index contributed by atoms with van der Waals surface area (Å²) in [6, 6.07) is 13.1. The van der Waals surface area contributed by atoms with E-state index >= 15 is 0 Å². The molecule has 1 saturated heterocycles. The van der Waals surface area contributed by atoms with Gasteiger partial charge in [0.2, 0.25) is 5.91 Å². The highest BCUT2D eigenvalue weighted by atomic mass is 19.1. The Hall–Kier alpha value is -2.44. The van der Waals surface area contributed by atoms with Crippen LogP contribution in [0.5, 0.6) is 5.75 Å². The van der Waals surface area contributed by atoms with Crippen molar-refractivity contribution in [2.45, 2.75) is 12.6 Å². The van der Waals surface area contributed by atoms with E-state index in [0.717, 1.165) is 0 Å². The molecule has 24 heavy (non-hydrogen) atoms. The Bertz CT molecular complexity index is 685. The Kier molecular flexibility index (Phi) is 5.40. The number of rotatable bonds is 5. The van der Waals surface area contributed by atoms with Crippen LogP contribution in [0.25, 0.3) is 0 Å². The van der Waals surface area contributed by atoms with E-state index in [9.17, 15) is 9.18 Å². The SMILES string of the molecule is O=C(Nc1ccc(OCc2ccccc2F)cc1)C1COCCN1. The van der Waals surface area contributed by atoms with Crippen LogP contribution in [-0.2, 0) is 16.1 Å². The molecule has 0 saturated carbocycles. The first-order valence-corrected chi connectivity index (χ1v) is 7.80. The van der Waals surface area contributed by atoms with Gasteiger partial charge >= 0.3 is 0 Å². The van der Waals surface area contributed by atoms with Gasteiger partial charge in [0, 0.05) is 17.8 Å². The largest absolute Gasteiger partial charge is 0.489 e. The van der Waals surface area contributed by atoms with Gasteiger partial charge in [-0.15, -0.1) is 0 Å². The number of carbonyl (C=O) groups is 1. The normalized spacial score (nSPS) is 17.3. The molecule has 1 unspecified atom stereocenters. The van der Waals surface area contributed by atoms with E-state index in [1.807, 2.05) is 0 Å². The summed E-state index contributed by atoms with van der Waals surface area (Å²) < 4.78 is 24.4. The molecule has 0 aromatic heterocycles. The highest BCUT2D eigenvalue weighted by Crippen LogP contribution is 2.18. The number of halogens is 1. The third-order valence-electron chi connectivity index (χ3n) is 3.71. The van der Waals surface area contributed by atoms with Gasteiger partial charge in [-0.2, -0.15) is 0 Å². The van der Waals surface area contributed by atoms with Crippen molar-refractivity contribution in [3.8, 4) is 5.75 Å². The minimum atomic E-state index is -0.337. The predicted octanol–water partition coefficient (Wildman–Crippen LogP) is 2.33. The van der Waals surface area contributed by atoms with Gasteiger partial charge in [0.25, 0.3) is 0 Å². The van der Waals surface area contributed by atoms with Crippen LogP contribution in [0.3, 0.4) is 0 Å². The molecule has 1 aliphatic heterocycles. The minimum absolute atomic E-state index is 0.130. The van der Waals surface area contributed by atoms with E-state index in [0.29, 0.717) is 36.8 Å². The number of anilines is 1. The molecule has 2 N–H and O–H groups in total. The van der Waals surface area contributed by atoms with Crippen molar-refractivity contribution in [3.05, 3.63) is 59.9 Å². The average Bonchev–Trinajstić information content (AvgIpc) is 2.63. The molecule has 1 aliphatic rings. The van der Waals surface area contributed by atoms with Crippen LogP contribution in [0.1, 0.15) is 5.56 Å². The van der Waals surface area contributed by atoms with Gasteiger partial charge in [-0.1, -0.05) is 18.2 Å². The third-order valence-corrected chi connectivity index (χ3v) is 3.71. The van der Waals surface area contributed by atoms with Gasteiger partial charge in [0.1, 0.15) is 24.2 Å². The maximum Gasteiger partial charge on any atom is 0.243 e. The van der Waals surface area contributed by atoms with Crippen LogP contribution < -0.4 is 15.4 Å². The summed E-state index contributed by atoms with van der Waals surface area (Å²) in [4.78, 5) is 12.1. The van der Waals surface area contributed by atoms with E-state index in [1.54, 1.807) is 42.5 Å². The van der Waals surface area contributed by atoms with Crippen LogP contribution >= 0.6 is 0 Å². The second kappa shape index (κ2) is 7.90. The number of ether oxygens (including phenoxy) is 2. The molecule has 1 fully saturated rings. The lowest BCUT2D eigenvalue weighted by atomic mass is 10.2. The maximum absolute atomic E-state index is 13.5. The van der Waals surface area contributed by atoms with E-state index in [4.69, 9.17) is 9.47 Å². The van der Waals surface area contributed by atoms with Crippen LogP contribution in [0.2, 0.25) is 0 Å². The fourth-order valence-corrected chi connectivity index (χ4v) is 2.37. The zero-order valence-electron chi connectivity index (χ0n) is 13.1. The molecular formula is C18H19FN2O3. The summed E-state index contributed by atoms with van der Waals surface area (Å²) in [5, 5.41) is 5.92. The Morgan fingerprint density at radius 2 is 2.04 bits per heavy atom. The number of nitrogens with one attached hydrogen (secondary N) is 2. The van der Waals surface area contributed by atoms with Gasteiger partial charge in [0.15, 0.2) is 0 Å². The van der Waals surface area contributed by atoms with Crippen molar-refractivity contribution in [2.24, 2.45) is 0 Å². The summed E-state index contributed by atoms with van der Waals surface area (Å²) in [6.07, 6.45) is 0. The van der Waals surface area contributed by atoms with Crippen LogP contribution in [-0.4, -0.2) is 31.7 Å². The fraction of sp³-hybridized carbons (Fsp3) is 0.278. The van der Waals surface area contributed by atoms with Crippen molar-refractivity contribution in [2.75, 3.05) is 25.1 Å². The highest BCUT2D eigenvalue weighted by molar-refractivity contribution is 5.95. The van der Waals surface area contributed by atoms with Gasteiger partial charge in [-0.05, 0) is 30.3 Å². The topological polar surface area (TPSA) is 59.6 Å². The van der Waals surface area contributed by atoms with Gasteiger partial charge in [0.05, 0.1) is 13.2 Å². The summed E-state index contributed by atoms with van der Waals surface area (Å²) in [6.45, 7) is 1.82. The number of hydrogen-bond acceptors (Lipinski definition) is 4. The number of benzene rings is 2. The summed E-state index contributed by atoms with van der Waals surface area (Å²) >= 11 is 0. The second-order valence-corrected chi connectivity index (χ2v) is 5.48. The van der Waals surface area contributed by atoms with Crippen molar-refractivity contribution in [1.29, 1.82) is 0 Å². The summed E-state index contributed by atoms with van der Waals surface area (Å²) in [7, 11) is 0. The number of hydrogen-bond donors (Lipinski definition) is 2. The zero-order chi connectivity index (χ0) is 16.8. The molecule has 2 aromatic rings. The van der Waals surface area contributed by atoms with Gasteiger partial charge in [-0.25, -0.2) is 4.39 Å². The molecule has 0 radical (unpaired) electrons. The molecular weight excluding hydrogens is 311 g/mol. The van der Waals surface area contributed by atoms with Crippen molar-refractivity contribution < 1.29 is 18.7 Å². The lowest BCUT2D eigenvalue weighted by Gasteiger charge is -2.22.